The van der Waals surface area contributed by atoms with Gasteiger partial charge < -0.3 is 10.6 Å². The fraction of sp³-hybridized carbons (Fsp3) is 0.192. The highest BCUT2D eigenvalue weighted by atomic mass is 16.2. The summed E-state index contributed by atoms with van der Waals surface area (Å²) in [6, 6.07) is 19.1. The molecule has 156 valence electrons. The van der Waals surface area contributed by atoms with Crippen molar-refractivity contribution in [2.45, 2.75) is 32.7 Å². The van der Waals surface area contributed by atoms with Gasteiger partial charge in [-0.15, -0.1) is 0 Å². The third-order valence-electron chi connectivity index (χ3n) is 5.55. The lowest BCUT2D eigenvalue weighted by molar-refractivity contribution is -0.116. The summed E-state index contributed by atoms with van der Waals surface area (Å²) < 4.78 is 0. The van der Waals surface area contributed by atoms with Crippen molar-refractivity contribution >= 4 is 28.8 Å². The maximum atomic E-state index is 12.9. The number of carbonyl (C=O) groups is 3. The molecule has 0 aliphatic heterocycles. The van der Waals surface area contributed by atoms with Crippen molar-refractivity contribution in [2.75, 3.05) is 10.6 Å². The number of ketones is 2. The van der Waals surface area contributed by atoms with Crippen LogP contribution in [0.25, 0.3) is 0 Å². The predicted molar refractivity (Wildman–Crippen MR) is 122 cm³/mol. The average Bonchev–Trinajstić information content (AvgIpc) is 2.77. The van der Waals surface area contributed by atoms with Crippen LogP contribution in [0.4, 0.5) is 11.4 Å². The van der Waals surface area contributed by atoms with Crippen LogP contribution in [0.1, 0.15) is 64.1 Å². The van der Waals surface area contributed by atoms with Gasteiger partial charge >= 0.3 is 0 Å². The number of nitrogens with one attached hydrogen (secondary N) is 2. The Bertz CT molecular complexity index is 1180. The Labute approximate surface area is 181 Å². The van der Waals surface area contributed by atoms with E-state index in [1.807, 2.05) is 24.3 Å². The minimum absolute atomic E-state index is 0.178. The first-order chi connectivity index (χ1) is 14.8. The second-order valence-corrected chi connectivity index (χ2v) is 8.10. The van der Waals surface area contributed by atoms with Crippen molar-refractivity contribution in [3.8, 4) is 0 Å². The number of benzene rings is 3. The summed E-state index contributed by atoms with van der Waals surface area (Å²) in [5, 5.41) is 6.02. The van der Waals surface area contributed by atoms with Crippen LogP contribution in [0, 0.1) is 0 Å². The van der Waals surface area contributed by atoms with Crippen molar-refractivity contribution in [1.82, 2.24) is 0 Å². The maximum absolute atomic E-state index is 12.9. The Morgan fingerprint density at radius 1 is 0.710 bits per heavy atom. The normalized spacial score (nSPS) is 13.4. The standard InChI is InChI=1S/C26H24N2O3/c1-15(2)17-8-10-18(11-9-17)27-16(3)26(31)28-19-12-13-22-23(14-19)25(30)21-7-5-4-6-20(21)24(22)29/h4-16,27H,1-3H3,(H,28,31)/t16-/m0/s1. The van der Waals surface area contributed by atoms with Gasteiger partial charge in [0.1, 0.15) is 6.04 Å². The Kier molecular flexibility index (Phi) is 5.42. The summed E-state index contributed by atoms with van der Waals surface area (Å²) in [6.07, 6.45) is 0. The highest BCUT2D eigenvalue weighted by Crippen LogP contribution is 2.29. The summed E-state index contributed by atoms with van der Waals surface area (Å²) in [5.74, 6) is -0.177. The lowest BCUT2D eigenvalue weighted by Gasteiger charge is -2.19. The van der Waals surface area contributed by atoms with Crippen LogP contribution in [0.15, 0.2) is 66.7 Å². The first-order valence-electron chi connectivity index (χ1n) is 10.3. The van der Waals surface area contributed by atoms with Crippen LogP contribution in [0.5, 0.6) is 0 Å². The molecule has 1 amide bonds. The van der Waals surface area contributed by atoms with Crippen LogP contribution in [-0.4, -0.2) is 23.5 Å². The van der Waals surface area contributed by atoms with E-state index in [2.05, 4.69) is 24.5 Å². The van der Waals surface area contributed by atoms with Crippen molar-refractivity contribution < 1.29 is 14.4 Å². The summed E-state index contributed by atoms with van der Waals surface area (Å²) in [5.41, 5.74) is 4.05. The zero-order chi connectivity index (χ0) is 22.1. The van der Waals surface area contributed by atoms with E-state index in [0.29, 0.717) is 33.9 Å². The van der Waals surface area contributed by atoms with Crippen molar-refractivity contribution in [2.24, 2.45) is 0 Å². The van der Waals surface area contributed by atoms with Crippen LogP contribution < -0.4 is 10.6 Å². The van der Waals surface area contributed by atoms with E-state index in [1.165, 1.54) is 5.56 Å². The molecule has 0 heterocycles. The number of carbonyl (C=O) groups excluding carboxylic acids is 3. The smallest absolute Gasteiger partial charge is 0.246 e. The first-order valence-corrected chi connectivity index (χ1v) is 10.3. The van der Waals surface area contributed by atoms with E-state index >= 15 is 0 Å². The van der Waals surface area contributed by atoms with Crippen LogP contribution in [0.2, 0.25) is 0 Å². The molecule has 1 atom stereocenters. The first kappa shape index (κ1) is 20.5. The molecule has 0 radical (unpaired) electrons. The molecular formula is C26H24N2O3. The summed E-state index contributed by atoms with van der Waals surface area (Å²) in [4.78, 5) is 38.3. The van der Waals surface area contributed by atoms with Gasteiger partial charge in [-0.1, -0.05) is 50.2 Å². The quantitative estimate of drug-likeness (QED) is 0.482. The highest BCUT2D eigenvalue weighted by molar-refractivity contribution is 6.28. The van der Waals surface area contributed by atoms with E-state index < -0.39 is 6.04 Å². The molecule has 2 N–H and O–H groups in total. The Hall–Kier alpha value is -3.73. The van der Waals surface area contributed by atoms with E-state index in [-0.39, 0.29) is 17.5 Å². The van der Waals surface area contributed by atoms with Crippen molar-refractivity contribution in [3.05, 3.63) is 94.5 Å². The topological polar surface area (TPSA) is 75.3 Å². The summed E-state index contributed by atoms with van der Waals surface area (Å²) >= 11 is 0. The maximum Gasteiger partial charge on any atom is 0.246 e. The molecule has 3 aromatic rings. The van der Waals surface area contributed by atoms with Crippen LogP contribution in [-0.2, 0) is 4.79 Å². The van der Waals surface area contributed by atoms with E-state index in [4.69, 9.17) is 0 Å². The third-order valence-corrected chi connectivity index (χ3v) is 5.55. The zero-order valence-electron chi connectivity index (χ0n) is 17.7. The lowest BCUT2D eigenvalue weighted by Crippen LogP contribution is -2.32. The Balaban J connectivity index is 1.49. The van der Waals surface area contributed by atoms with Gasteiger partial charge in [0.2, 0.25) is 5.91 Å². The second kappa shape index (κ2) is 8.19. The molecule has 0 bridgehead atoms. The number of fused-ring (bicyclic) bond motifs is 2. The molecular weight excluding hydrogens is 388 g/mol. The number of hydrogen-bond acceptors (Lipinski definition) is 4. The molecule has 5 heteroatoms. The molecule has 3 aromatic carbocycles. The van der Waals surface area contributed by atoms with Gasteiger partial charge in [0.15, 0.2) is 11.6 Å². The van der Waals surface area contributed by atoms with Crippen molar-refractivity contribution in [1.29, 1.82) is 0 Å². The Morgan fingerprint density at radius 2 is 1.26 bits per heavy atom. The minimum Gasteiger partial charge on any atom is -0.374 e. The number of amides is 1. The third kappa shape index (κ3) is 3.99. The van der Waals surface area contributed by atoms with Crippen LogP contribution >= 0.6 is 0 Å². The number of rotatable bonds is 5. The fourth-order valence-electron chi connectivity index (χ4n) is 3.71. The predicted octanol–water partition coefficient (Wildman–Crippen LogP) is 5.02. The molecule has 31 heavy (non-hydrogen) atoms. The average molecular weight is 412 g/mol. The van der Waals surface area contributed by atoms with E-state index in [0.717, 1.165) is 5.69 Å². The van der Waals surface area contributed by atoms with Gasteiger partial charge in [-0.3, -0.25) is 14.4 Å². The molecule has 0 fully saturated rings. The monoisotopic (exact) mass is 412 g/mol. The van der Waals surface area contributed by atoms with E-state index in [9.17, 15) is 14.4 Å². The molecule has 0 aromatic heterocycles. The van der Waals surface area contributed by atoms with Gasteiger partial charge in [0, 0.05) is 33.6 Å². The summed E-state index contributed by atoms with van der Waals surface area (Å²) in [6.45, 7) is 6.04. The molecule has 4 rings (SSSR count). The molecule has 0 saturated heterocycles. The van der Waals surface area contributed by atoms with Gasteiger partial charge in [0.25, 0.3) is 0 Å². The summed E-state index contributed by atoms with van der Waals surface area (Å²) in [7, 11) is 0. The molecule has 0 saturated carbocycles. The van der Waals surface area contributed by atoms with Gasteiger partial charge in [-0.25, -0.2) is 0 Å². The minimum atomic E-state index is -0.487. The highest BCUT2D eigenvalue weighted by Gasteiger charge is 2.29. The molecule has 1 aliphatic rings. The van der Waals surface area contributed by atoms with E-state index in [1.54, 1.807) is 49.4 Å². The molecule has 0 unspecified atom stereocenters. The molecule has 5 nitrogen and oxygen atoms in total. The largest absolute Gasteiger partial charge is 0.374 e. The second-order valence-electron chi connectivity index (χ2n) is 8.10. The molecule has 1 aliphatic carbocycles. The van der Waals surface area contributed by atoms with Gasteiger partial charge in [-0.2, -0.15) is 0 Å². The zero-order valence-corrected chi connectivity index (χ0v) is 17.7. The number of hydrogen-bond donors (Lipinski definition) is 2. The van der Waals surface area contributed by atoms with Crippen LogP contribution in [0.3, 0.4) is 0 Å². The molecule has 0 spiro atoms. The van der Waals surface area contributed by atoms with Gasteiger partial charge in [0.05, 0.1) is 0 Å². The fourth-order valence-corrected chi connectivity index (χ4v) is 3.71. The SMILES string of the molecule is CC(C)c1ccc(N[C@@H](C)C(=O)Nc2ccc3c(c2)C(=O)c2ccccc2C3=O)cc1. The Morgan fingerprint density at radius 3 is 1.87 bits per heavy atom. The number of anilines is 2. The van der Waals surface area contributed by atoms with Gasteiger partial charge in [-0.05, 0) is 48.7 Å². The van der Waals surface area contributed by atoms with Crippen molar-refractivity contribution in [3.63, 3.8) is 0 Å². The lowest BCUT2D eigenvalue weighted by atomic mass is 9.84.